The van der Waals surface area contributed by atoms with Crippen LogP contribution in [-0.4, -0.2) is 30.5 Å². The number of urea groups is 1. The van der Waals surface area contributed by atoms with E-state index in [9.17, 15) is 9.59 Å². The first-order valence-corrected chi connectivity index (χ1v) is 6.37. The highest BCUT2D eigenvalue weighted by Gasteiger charge is 2.53. The Labute approximate surface area is 112 Å². The van der Waals surface area contributed by atoms with E-state index >= 15 is 0 Å². The minimum atomic E-state index is -0.969. The standard InChI is InChI=1S/C12H11BrN2O3/c1-15-10(16)12(14-11(15)17)4-5-18-9-3-2-7(13)6-8(9)12/h2-3,6H,4-5H2,1H3,(H,14,17). The number of hydrogen-bond donors (Lipinski definition) is 1. The number of likely N-dealkylation sites (N-methyl/N-ethyl adjacent to an activating group) is 1. The maximum absolute atomic E-state index is 12.3. The molecule has 3 rings (SSSR count). The first-order valence-electron chi connectivity index (χ1n) is 5.58. The molecule has 1 atom stereocenters. The first-order chi connectivity index (χ1) is 8.54. The van der Waals surface area contributed by atoms with E-state index in [4.69, 9.17) is 4.74 Å². The predicted molar refractivity (Wildman–Crippen MR) is 67.2 cm³/mol. The van der Waals surface area contributed by atoms with Crippen LogP contribution in [0.1, 0.15) is 12.0 Å². The number of carbonyl (C=O) groups is 2. The summed E-state index contributed by atoms with van der Waals surface area (Å²) in [4.78, 5) is 25.2. The molecule has 1 fully saturated rings. The number of amides is 3. The number of imide groups is 1. The molecule has 1 saturated heterocycles. The third kappa shape index (κ3) is 1.38. The smallest absolute Gasteiger partial charge is 0.325 e. The average molecular weight is 311 g/mol. The second-order valence-electron chi connectivity index (χ2n) is 4.44. The molecule has 2 aliphatic rings. The van der Waals surface area contributed by atoms with Gasteiger partial charge in [0.05, 0.1) is 6.61 Å². The van der Waals surface area contributed by atoms with E-state index < -0.39 is 5.54 Å². The van der Waals surface area contributed by atoms with E-state index in [2.05, 4.69) is 21.2 Å². The van der Waals surface area contributed by atoms with Gasteiger partial charge in [0.25, 0.3) is 5.91 Å². The molecule has 0 aliphatic carbocycles. The Kier molecular flexibility index (Phi) is 2.38. The summed E-state index contributed by atoms with van der Waals surface area (Å²) in [6, 6.07) is 5.11. The van der Waals surface area contributed by atoms with Gasteiger partial charge in [0, 0.05) is 23.5 Å². The van der Waals surface area contributed by atoms with E-state index in [0.29, 0.717) is 24.3 Å². The van der Waals surface area contributed by atoms with Gasteiger partial charge in [-0.2, -0.15) is 0 Å². The Morgan fingerprint density at radius 2 is 2.22 bits per heavy atom. The van der Waals surface area contributed by atoms with Crippen LogP contribution in [0, 0.1) is 0 Å². The van der Waals surface area contributed by atoms with Gasteiger partial charge in [-0.15, -0.1) is 0 Å². The van der Waals surface area contributed by atoms with Crippen LogP contribution in [0.3, 0.4) is 0 Å². The Morgan fingerprint density at radius 3 is 2.89 bits per heavy atom. The summed E-state index contributed by atoms with van der Waals surface area (Å²) in [7, 11) is 1.49. The molecular formula is C12H11BrN2O3. The SMILES string of the molecule is CN1C(=O)NC2(CCOc3ccc(Br)cc32)C1=O. The molecule has 1 aromatic carbocycles. The summed E-state index contributed by atoms with van der Waals surface area (Å²) in [6.45, 7) is 0.411. The number of nitrogens with one attached hydrogen (secondary N) is 1. The van der Waals surface area contributed by atoms with Crippen molar-refractivity contribution in [1.29, 1.82) is 0 Å². The number of benzene rings is 1. The number of fused-ring (bicyclic) bond motifs is 2. The van der Waals surface area contributed by atoms with Gasteiger partial charge in [-0.25, -0.2) is 4.79 Å². The van der Waals surface area contributed by atoms with Crippen molar-refractivity contribution in [1.82, 2.24) is 10.2 Å². The van der Waals surface area contributed by atoms with Gasteiger partial charge in [-0.05, 0) is 18.2 Å². The highest BCUT2D eigenvalue weighted by molar-refractivity contribution is 9.10. The highest BCUT2D eigenvalue weighted by atomic mass is 79.9. The van der Waals surface area contributed by atoms with Crippen LogP contribution in [-0.2, 0) is 10.3 Å². The molecule has 0 bridgehead atoms. The van der Waals surface area contributed by atoms with Gasteiger partial charge >= 0.3 is 6.03 Å². The summed E-state index contributed by atoms with van der Waals surface area (Å²) < 4.78 is 6.39. The van der Waals surface area contributed by atoms with Crippen LogP contribution in [0.5, 0.6) is 5.75 Å². The maximum atomic E-state index is 12.3. The molecule has 3 amide bonds. The topological polar surface area (TPSA) is 58.6 Å². The molecule has 0 radical (unpaired) electrons. The fraction of sp³-hybridized carbons (Fsp3) is 0.333. The number of rotatable bonds is 0. The second kappa shape index (κ2) is 3.71. The van der Waals surface area contributed by atoms with E-state index in [-0.39, 0.29) is 11.9 Å². The Hall–Kier alpha value is -1.56. The van der Waals surface area contributed by atoms with Crippen molar-refractivity contribution in [2.75, 3.05) is 13.7 Å². The number of ether oxygens (including phenoxy) is 1. The lowest BCUT2D eigenvalue weighted by Crippen LogP contribution is -2.47. The fourth-order valence-corrected chi connectivity index (χ4v) is 2.82. The van der Waals surface area contributed by atoms with Crippen molar-refractivity contribution < 1.29 is 14.3 Å². The fourth-order valence-electron chi connectivity index (χ4n) is 2.46. The van der Waals surface area contributed by atoms with Gasteiger partial charge in [-0.1, -0.05) is 15.9 Å². The van der Waals surface area contributed by atoms with Crippen LogP contribution in [0.25, 0.3) is 0 Å². The molecule has 1 unspecified atom stereocenters. The minimum Gasteiger partial charge on any atom is -0.493 e. The van der Waals surface area contributed by atoms with Gasteiger partial charge in [0.2, 0.25) is 0 Å². The van der Waals surface area contributed by atoms with Crippen molar-refractivity contribution >= 4 is 27.9 Å². The zero-order valence-electron chi connectivity index (χ0n) is 9.70. The van der Waals surface area contributed by atoms with Crippen molar-refractivity contribution in [3.05, 3.63) is 28.2 Å². The van der Waals surface area contributed by atoms with Crippen molar-refractivity contribution in [2.45, 2.75) is 12.0 Å². The molecule has 0 aromatic heterocycles. The summed E-state index contributed by atoms with van der Waals surface area (Å²) in [5, 5.41) is 2.79. The summed E-state index contributed by atoms with van der Waals surface area (Å²) >= 11 is 3.38. The van der Waals surface area contributed by atoms with Gasteiger partial charge < -0.3 is 10.1 Å². The summed E-state index contributed by atoms with van der Waals surface area (Å²) in [5.41, 5.74) is -0.255. The van der Waals surface area contributed by atoms with Gasteiger partial charge in [0.15, 0.2) is 5.54 Å². The Morgan fingerprint density at radius 1 is 1.44 bits per heavy atom. The van der Waals surface area contributed by atoms with Gasteiger partial charge in [-0.3, -0.25) is 9.69 Å². The molecule has 0 saturated carbocycles. The van der Waals surface area contributed by atoms with Crippen molar-refractivity contribution in [3.8, 4) is 5.75 Å². The lowest BCUT2D eigenvalue weighted by atomic mass is 9.84. The third-order valence-electron chi connectivity index (χ3n) is 3.43. The van der Waals surface area contributed by atoms with E-state index in [0.717, 1.165) is 9.37 Å². The predicted octanol–water partition coefficient (Wildman–Crippen LogP) is 1.61. The largest absolute Gasteiger partial charge is 0.493 e. The lowest BCUT2D eigenvalue weighted by Gasteiger charge is -2.33. The van der Waals surface area contributed by atoms with E-state index in [1.54, 1.807) is 6.07 Å². The van der Waals surface area contributed by atoms with Crippen molar-refractivity contribution in [2.24, 2.45) is 0 Å². The second-order valence-corrected chi connectivity index (χ2v) is 5.35. The minimum absolute atomic E-state index is 0.227. The molecule has 94 valence electrons. The molecule has 6 heteroatoms. The third-order valence-corrected chi connectivity index (χ3v) is 3.92. The van der Waals surface area contributed by atoms with Crippen molar-refractivity contribution in [3.63, 3.8) is 0 Å². The van der Waals surface area contributed by atoms with Gasteiger partial charge in [0.1, 0.15) is 5.75 Å². The molecular weight excluding hydrogens is 300 g/mol. The van der Waals surface area contributed by atoms with E-state index in [1.165, 1.54) is 7.05 Å². The van der Waals surface area contributed by atoms with Crippen LogP contribution >= 0.6 is 15.9 Å². The number of hydrogen-bond acceptors (Lipinski definition) is 3. The van der Waals surface area contributed by atoms with Crippen LogP contribution in [0.2, 0.25) is 0 Å². The summed E-state index contributed by atoms with van der Waals surface area (Å²) in [6.07, 6.45) is 0.450. The number of halogens is 1. The molecule has 1 N–H and O–H groups in total. The molecule has 2 heterocycles. The quantitative estimate of drug-likeness (QED) is 0.741. The maximum Gasteiger partial charge on any atom is 0.325 e. The lowest BCUT2D eigenvalue weighted by molar-refractivity contribution is -0.131. The monoisotopic (exact) mass is 310 g/mol. The molecule has 2 aliphatic heterocycles. The Bertz CT molecular complexity index is 560. The van der Waals surface area contributed by atoms with Crippen LogP contribution in [0.15, 0.2) is 22.7 Å². The normalized spacial score (nSPS) is 26.0. The first kappa shape index (κ1) is 11.5. The zero-order chi connectivity index (χ0) is 12.9. The highest BCUT2D eigenvalue weighted by Crippen LogP contribution is 2.41. The molecule has 5 nitrogen and oxygen atoms in total. The molecule has 18 heavy (non-hydrogen) atoms. The number of nitrogens with zero attached hydrogens (tertiary/aromatic N) is 1. The molecule has 1 spiro atoms. The number of carbonyl (C=O) groups excluding carboxylic acids is 2. The van der Waals surface area contributed by atoms with E-state index in [1.807, 2.05) is 12.1 Å². The van der Waals surface area contributed by atoms with Crippen LogP contribution in [0.4, 0.5) is 4.79 Å². The average Bonchev–Trinajstić information content (AvgIpc) is 2.56. The summed E-state index contributed by atoms with van der Waals surface area (Å²) in [5.74, 6) is 0.420. The zero-order valence-corrected chi connectivity index (χ0v) is 11.3. The van der Waals surface area contributed by atoms with Crippen LogP contribution < -0.4 is 10.1 Å². The Balaban J connectivity index is 2.19. The molecule has 1 aromatic rings.